The summed E-state index contributed by atoms with van der Waals surface area (Å²) in [6.45, 7) is -8.16. The van der Waals surface area contributed by atoms with Gasteiger partial charge < -0.3 is 0 Å². The van der Waals surface area contributed by atoms with Gasteiger partial charge in [-0.3, -0.25) is 0 Å². The predicted octanol–water partition coefficient (Wildman–Crippen LogP) is 19.0. The first-order chi connectivity index (χ1) is 40.6. The Balaban J connectivity index is 1.16. The fourth-order valence-corrected chi connectivity index (χ4v) is 139. The number of hydrogen-bond acceptors (Lipinski definition) is 2. The van der Waals surface area contributed by atoms with Crippen LogP contribution < -0.4 is 21.2 Å². The third kappa shape index (κ3) is 3.13. The summed E-state index contributed by atoms with van der Waals surface area (Å²) in [5.41, 5.74) is -16.0. The van der Waals surface area contributed by atoms with Crippen molar-refractivity contribution in [2.45, 2.75) is 107 Å². The van der Waals surface area contributed by atoms with Crippen LogP contribution in [0.3, 0.4) is 0 Å². The predicted molar refractivity (Wildman–Crippen MR) is 277 cm³/mol. The summed E-state index contributed by atoms with van der Waals surface area (Å²) >= 11 is 0. The summed E-state index contributed by atoms with van der Waals surface area (Å²) in [6.07, 6.45) is -46.1. The number of hydrogen-bond donors (Lipinski definition) is 0. The van der Waals surface area contributed by atoms with Crippen LogP contribution in [0.1, 0.15) is 67.7 Å². The number of fused-ring (bicyclic) bond motifs is 10. The Morgan fingerprint density at radius 2 is 0.551 bits per heavy atom. The normalized spacial score (nSPS) is 37.4. The molecular weight excluding hydrogens is 1320 g/mol. The molecule has 8 unspecified atom stereocenters. The molecule has 478 valence electrons. The van der Waals surface area contributed by atoms with Crippen molar-refractivity contribution in [3.8, 4) is 0 Å². The maximum absolute atomic E-state index is 15.6. The van der Waals surface area contributed by atoms with E-state index < -0.39 is 195 Å². The molecule has 0 saturated carbocycles. The fraction of sp³-hybridized carbons (Fsp3) is 0.400. The third-order valence-electron chi connectivity index (χ3n) is 27.3. The minimum absolute atomic E-state index is 0.158. The minimum atomic E-state index is -8.16. The van der Waals surface area contributed by atoms with Gasteiger partial charge in [0.05, 0.1) is 0 Å². The first kappa shape index (κ1) is 59.0. The summed E-state index contributed by atoms with van der Waals surface area (Å²) in [5.74, 6) is 0. The van der Waals surface area contributed by atoms with Crippen molar-refractivity contribution >= 4 is 37.1 Å². The number of halogens is 24. The molecule has 0 N–H and O–H groups in total. The Hall–Kier alpha value is -5.06. The van der Waals surface area contributed by atoms with Crippen molar-refractivity contribution in [2.24, 2.45) is 0 Å². The van der Waals surface area contributed by atoms with Crippen molar-refractivity contribution in [1.29, 1.82) is 0 Å². The molecule has 10 aliphatic rings. The van der Waals surface area contributed by atoms with Crippen LogP contribution in [0.25, 0.3) is 0 Å². The van der Waals surface area contributed by atoms with Gasteiger partial charge in [0.25, 0.3) is 0 Å². The van der Waals surface area contributed by atoms with Gasteiger partial charge in [-0.15, -0.1) is 0 Å². The molecule has 10 fully saturated rings. The fourth-order valence-electron chi connectivity index (χ4n) is 28.6. The van der Waals surface area contributed by atoms with Crippen LogP contribution in [0.15, 0.2) is 133 Å². The zero-order valence-electron chi connectivity index (χ0n) is 45.5. The van der Waals surface area contributed by atoms with E-state index in [0.29, 0.717) is 5.56 Å². The average Bonchev–Trinajstić information content (AvgIpc) is 1.02. The Bertz CT molecular complexity index is 4100. The van der Waals surface area contributed by atoms with Crippen molar-refractivity contribution in [2.75, 3.05) is 28.2 Å². The van der Waals surface area contributed by atoms with Gasteiger partial charge in [-0.1, -0.05) is 0 Å². The molecular formula is C60H42F24FeN2P2. The Morgan fingerprint density at radius 3 is 0.753 bits per heavy atom. The average molecular weight is 1360 g/mol. The monoisotopic (exact) mass is 1360 g/mol. The SMILES string of the molecule is CN(C)[C@@H](c1ccccc1)[C]12[CH]3[CH]4[CH]5[CH]1[Fe]45321678[CH]2[CH]1[C]6(P(c1cc(C(F)(F)F)cc(C(F)(F)F)c1)c1cc(C(F)(F)F)cc(C(F)(F)F)c1)[C]7([C@H](c1ccccc1)N(C)C)[C]28P(c1cc(C(F)(F)F)cc(C(F)(F)F)c1)c1cc(C(F)(F)F)cc(C(F)(F)F)c1. The van der Waals surface area contributed by atoms with Gasteiger partial charge in [0, 0.05) is 0 Å². The zero-order valence-corrected chi connectivity index (χ0v) is 48.4. The van der Waals surface area contributed by atoms with Crippen molar-refractivity contribution in [1.82, 2.24) is 9.80 Å². The quantitative estimate of drug-likeness (QED) is 0.0684. The van der Waals surface area contributed by atoms with Gasteiger partial charge in [0.15, 0.2) is 0 Å². The van der Waals surface area contributed by atoms with Gasteiger partial charge in [0.2, 0.25) is 0 Å². The van der Waals surface area contributed by atoms with Crippen LogP contribution >= 0.6 is 15.8 Å². The molecule has 0 aromatic heterocycles. The molecule has 10 atom stereocenters. The Labute approximate surface area is 481 Å². The summed E-state index contributed by atoms with van der Waals surface area (Å²) in [6, 6.07) is 13.0. The van der Waals surface area contributed by atoms with E-state index in [9.17, 15) is 0 Å². The van der Waals surface area contributed by atoms with E-state index in [-0.39, 0.29) is 78.4 Å². The second kappa shape index (κ2) is 12.4. The molecule has 10 heterocycles. The van der Waals surface area contributed by atoms with Gasteiger partial charge in [0.1, 0.15) is 0 Å². The van der Waals surface area contributed by atoms with Gasteiger partial charge in [-0.25, -0.2) is 0 Å². The molecule has 6 aromatic carbocycles. The van der Waals surface area contributed by atoms with E-state index in [4.69, 9.17) is 0 Å². The summed E-state index contributed by atoms with van der Waals surface area (Å²) in [4.78, 5) is -2.97. The summed E-state index contributed by atoms with van der Waals surface area (Å²) in [5, 5.41) is -4.22. The van der Waals surface area contributed by atoms with Gasteiger partial charge in [-0.2, -0.15) is 0 Å². The van der Waals surface area contributed by atoms with Crippen LogP contribution in [0.5, 0.6) is 0 Å². The third-order valence-corrected chi connectivity index (χ3v) is 84.9. The van der Waals surface area contributed by atoms with E-state index >= 15 is 105 Å². The van der Waals surface area contributed by atoms with Crippen LogP contribution in [0.2, 0.25) is 37.5 Å². The molecule has 0 amide bonds. The number of alkyl halides is 24. The van der Waals surface area contributed by atoms with Crippen LogP contribution in [0.4, 0.5) is 105 Å². The van der Waals surface area contributed by atoms with E-state index in [2.05, 4.69) is 0 Å². The maximum atomic E-state index is 15.6. The summed E-state index contributed by atoms with van der Waals surface area (Å²) in [7, 11) is -1.51. The number of benzene rings is 6. The number of rotatable bonds is 12. The van der Waals surface area contributed by atoms with E-state index in [1.54, 1.807) is 49.3 Å². The van der Waals surface area contributed by atoms with Crippen LogP contribution in [-0.2, 0) is 55.9 Å². The van der Waals surface area contributed by atoms with E-state index in [1.807, 2.05) is 0 Å². The van der Waals surface area contributed by atoms with Gasteiger partial charge in [-0.05, 0) is 0 Å². The topological polar surface area (TPSA) is 6.48 Å². The van der Waals surface area contributed by atoms with E-state index in [0.717, 1.165) is 0 Å². The first-order valence-corrected chi connectivity index (χ1v) is 35.7. The summed E-state index contributed by atoms with van der Waals surface area (Å²) < 4.78 is 365. The van der Waals surface area contributed by atoms with Crippen molar-refractivity contribution in [3.63, 3.8) is 0 Å². The van der Waals surface area contributed by atoms with Crippen molar-refractivity contribution in [3.05, 3.63) is 189 Å². The molecule has 0 radical (unpaired) electrons. The molecule has 16 rings (SSSR count). The molecule has 6 aromatic rings. The standard InChI is InChI=1S/C46H26F24NP2.C14H16N.Fe/c1-71(2)38(22-6-4-3-5-7-22)37-35(72(31-14-23(39(47,48)49)10-24(15-31)40(50,51)52)32-16-25(41(53,54)55)11-26(17-32)42(56,57)58)8-9-36(37)73(33-18-27(43(59,60)61)12-28(19-33)44(62,63)64)34-20-29(45(65,66)67)13-30(21-34)46(68,69)70;1-15(2)14(13-10-6-7-11-13)12-8-4-3-5-9-12;/h3-21,38H,1-2H3;3-11,14H,1-2H3;/t38-;14-;/m00./s1. The van der Waals surface area contributed by atoms with E-state index in [1.165, 1.54) is 49.3 Å². The zero-order chi connectivity index (χ0) is 64.9. The van der Waals surface area contributed by atoms with Crippen LogP contribution in [-0.4, -0.2) is 46.1 Å². The molecule has 0 aliphatic carbocycles. The van der Waals surface area contributed by atoms with Crippen LogP contribution in [0, 0.1) is 0 Å². The first-order valence-electron chi connectivity index (χ1n) is 27.0. The molecule has 2 nitrogen and oxygen atoms in total. The molecule has 89 heavy (non-hydrogen) atoms. The second-order valence-corrected chi connectivity index (χ2v) is 55.5. The molecule has 0 bridgehead atoms. The molecule has 10 saturated heterocycles. The Kier molecular flexibility index (Phi) is 8.22. The van der Waals surface area contributed by atoms with Gasteiger partial charge >= 0.3 is 483 Å². The molecule has 1 spiro atoms. The van der Waals surface area contributed by atoms with Crippen molar-refractivity contribution < 1.29 is 112 Å². The Morgan fingerprint density at radius 1 is 0.326 bits per heavy atom. The molecule has 29 heteroatoms. The molecule has 10 aliphatic heterocycles. The second-order valence-electron chi connectivity index (χ2n) is 27.2. The number of nitrogens with zero attached hydrogens (tertiary/aromatic N) is 2.